The number of benzene rings is 1. The van der Waals surface area contributed by atoms with Crippen LogP contribution in [-0.2, 0) is 10.0 Å². The Bertz CT molecular complexity index is 597. The van der Waals surface area contributed by atoms with Gasteiger partial charge >= 0.3 is 6.00 Å². The summed E-state index contributed by atoms with van der Waals surface area (Å²) in [6.45, 7) is 0.364. The molecule has 0 amide bonds. The molecule has 0 aliphatic heterocycles. The van der Waals surface area contributed by atoms with E-state index >= 15 is 0 Å². The van der Waals surface area contributed by atoms with E-state index in [1.807, 2.05) is 0 Å². The molecule has 0 saturated heterocycles. The van der Waals surface area contributed by atoms with Crippen molar-refractivity contribution in [3.63, 3.8) is 0 Å². The van der Waals surface area contributed by atoms with Crippen molar-refractivity contribution < 1.29 is 13.2 Å². The fraction of sp³-hybridized carbons (Fsp3) is 0.333. The maximum absolute atomic E-state index is 11.4. The highest BCUT2D eigenvalue weighted by Crippen LogP contribution is 2.26. The van der Waals surface area contributed by atoms with Crippen molar-refractivity contribution in [2.45, 2.75) is 17.4 Å². The van der Waals surface area contributed by atoms with E-state index in [0.29, 0.717) is 24.8 Å². The quantitative estimate of drug-likeness (QED) is 0.179. The summed E-state index contributed by atoms with van der Waals surface area (Å²) in [5.41, 5.74) is 8.15. The average Bonchev–Trinajstić information content (AvgIpc) is 2.34. The molecular weight excluding hydrogens is 365 g/mol. The topological polar surface area (TPSA) is 92.1 Å². The van der Waals surface area contributed by atoms with Crippen molar-refractivity contribution in [2.24, 2.45) is 4.52 Å². The van der Waals surface area contributed by atoms with E-state index < -0.39 is 16.0 Å². The molecule has 6 nitrogen and oxygen atoms in total. The van der Waals surface area contributed by atoms with Gasteiger partial charge in [0.05, 0.1) is 11.5 Å². The van der Waals surface area contributed by atoms with E-state index in [4.69, 9.17) is 43.5 Å². The lowest BCUT2D eigenvalue weighted by molar-refractivity contribution is 0.317. The second-order valence-corrected chi connectivity index (χ2v) is 14.5. The van der Waals surface area contributed by atoms with E-state index in [9.17, 15) is 8.42 Å². The Morgan fingerprint density at radius 3 is 2.35 bits per heavy atom. The minimum Gasteiger partial charge on any atom is -0.494 e. The average molecular weight is 375 g/mol. The molecule has 11 heteroatoms. The largest absolute Gasteiger partial charge is 0.494 e. The molecule has 0 heterocycles. The zero-order valence-electron chi connectivity index (χ0n) is 10.0. The molecule has 1 rings (SSSR count). The van der Waals surface area contributed by atoms with Crippen LogP contribution in [0.1, 0.15) is 6.42 Å². The molecule has 1 aromatic carbocycles. The Labute approximate surface area is 131 Å². The van der Waals surface area contributed by atoms with E-state index in [-0.39, 0.29) is 4.90 Å². The molecule has 0 fully saturated rings. The third-order valence-electron chi connectivity index (χ3n) is 2.14. The van der Waals surface area contributed by atoms with Gasteiger partial charge in [-0.15, -0.1) is 33.2 Å². The molecule has 20 heavy (non-hydrogen) atoms. The molecule has 0 spiro atoms. The summed E-state index contributed by atoms with van der Waals surface area (Å²) in [5, 5.41) is 0. The van der Waals surface area contributed by atoms with E-state index in [0.717, 1.165) is 0 Å². The van der Waals surface area contributed by atoms with E-state index in [1.165, 1.54) is 24.3 Å². The summed E-state index contributed by atoms with van der Waals surface area (Å²) in [7, 11) is -3.97. The number of halogens is 3. The molecule has 0 N–H and O–H groups in total. The van der Waals surface area contributed by atoms with Gasteiger partial charge in [-0.2, -0.15) is 0 Å². The van der Waals surface area contributed by atoms with Crippen LogP contribution in [0.2, 0.25) is 6.04 Å². The second-order valence-electron chi connectivity index (χ2n) is 3.68. The summed E-state index contributed by atoms with van der Waals surface area (Å²) in [6, 6.07) is 3.38. The van der Waals surface area contributed by atoms with Gasteiger partial charge in [0.2, 0.25) is 0 Å². The molecule has 0 unspecified atom stereocenters. The van der Waals surface area contributed by atoms with Crippen LogP contribution in [0.3, 0.4) is 0 Å². The zero-order valence-corrected chi connectivity index (χ0v) is 14.1. The number of nitrogens with zero attached hydrogens (tertiary/aromatic N) is 3. The van der Waals surface area contributed by atoms with Gasteiger partial charge in [-0.1, -0.05) is 0 Å². The number of hydrogen-bond donors (Lipinski definition) is 0. The Hall–Kier alpha value is -0.633. The highest BCUT2D eigenvalue weighted by atomic mass is 35.8. The first-order valence-electron chi connectivity index (χ1n) is 5.35. The first-order valence-corrected chi connectivity index (χ1v) is 12.0. The normalized spacial score (nSPS) is 11.8. The Kier molecular flexibility index (Phi) is 6.44. The maximum Gasteiger partial charge on any atom is 0.341 e. The molecule has 0 radical (unpaired) electrons. The van der Waals surface area contributed by atoms with Crippen molar-refractivity contribution in [3.8, 4) is 5.75 Å². The smallest absolute Gasteiger partial charge is 0.341 e. The van der Waals surface area contributed by atoms with Gasteiger partial charge in [-0.3, -0.25) is 0 Å². The van der Waals surface area contributed by atoms with Crippen LogP contribution in [0.4, 0.5) is 0 Å². The summed E-state index contributed by atoms with van der Waals surface area (Å²) in [4.78, 5) is 2.16. The maximum atomic E-state index is 11.4. The standard InChI is InChI=1S/C9H10Cl3N3O3SSi/c10-20(11,12)7-1-6-18-8-2-4-9(5-3-8)19(16,17)15-14-13/h2-5H,1,6-7H2. The van der Waals surface area contributed by atoms with Gasteiger partial charge in [0.1, 0.15) is 5.75 Å². The number of azide groups is 1. The predicted octanol–water partition coefficient (Wildman–Crippen LogP) is 4.11. The number of hydrogen-bond acceptors (Lipinski definition) is 3. The molecule has 0 atom stereocenters. The highest BCUT2D eigenvalue weighted by Gasteiger charge is 2.23. The fourth-order valence-electron chi connectivity index (χ4n) is 1.27. The van der Waals surface area contributed by atoms with E-state index in [1.54, 1.807) is 0 Å². The Morgan fingerprint density at radius 1 is 1.25 bits per heavy atom. The summed E-state index contributed by atoms with van der Waals surface area (Å²) in [6.07, 6.45) is 0.599. The van der Waals surface area contributed by atoms with Crippen molar-refractivity contribution in [1.82, 2.24) is 0 Å². The van der Waals surface area contributed by atoms with Crippen LogP contribution in [0.5, 0.6) is 5.75 Å². The van der Waals surface area contributed by atoms with Crippen molar-refractivity contribution in [3.05, 3.63) is 34.7 Å². The molecule has 0 aliphatic rings. The van der Waals surface area contributed by atoms with E-state index in [2.05, 4.69) is 9.43 Å². The molecule has 1 aromatic rings. The third kappa shape index (κ3) is 6.21. The fourth-order valence-corrected chi connectivity index (χ4v) is 3.68. The third-order valence-corrected chi connectivity index (χ3v) is 5.92. The van der Waals surface area contributed by atoms with Gasteiger partial charge in [-0.25, -0.2) is 8.42 Å². The molecular formula is C9H10Cl3N3O3SSi. The van der Waals surface area contributed by atoms with Crippen molar-refractivity contribution in [2.75, 3.05) is 6.61 Å². The highest BCUT2D eigenvalue weighted by molar-refractivity contribution is 7.90. The van der Waals surface area contributed by atoms with Crippen LogP contribution >= 0.6 is 33.2 Å². The Morgan fingerprint density at radius 2 is 1.85 bits per heavy atom. The number of sulfonamides is 1. The summed E-state index contributed by atoms with van der Waals surface area (Å²) in [5.74, 6) is 0.482. The van der Waals surface area contributed by atoms with Crippen LogP contribution < -0.4 is 4.74 Å². The summed E-state index contributed by atoms with van der Waals surface area (Å²) >= 11 is 17.2. The Balaban J connectivity index is 2.58. The van der Waals surface area contributed by atoms with Crippen LogP contribution in [0.15, 0.2) is 33.7 Å². The van der Waals surface area contributed by atoms with Crippen LogP contribution in [0, 0.1) is 0 Å². The minimum absolute atomic E-state index is 0.101. The van der Waals surface area contributed by atoms with Crippen molar-refractivity contribution in [1.29, 1.82) is 0 Å². The molecule has 110 valence electrons. The molecule has 0 saturated carbocycles. The van der Waals surface area contributed by atoms with Gasteiger partial charge < -0.3 is 4.74 Å². The predicted molar refractivity (Wildman–Crippen MR) is 81.0 cm³/mol. The SMILES string of the molecule is [N-]=[N+]=NS(=O)(=O)c1ccc(OCCC[Si](Cl)(Cl)Cl)cc1. The molecule has 0 aliphatic carbocycles. The lowest BCUT2D eigenvalue weighted by Gasteiger charge is -2.09. The summed E-state index contributed by atoms with van der Waals surface area (Å²) < 4.78 is 30.9. The lowest BCUT2D eigenvalue weighted by Crippen LogP contribution is -2.10. The molecule has 0 bridgehead atoms. The van der Waals surface area contributed by atoms with Crippen LogP contribution in [-0.4, -0.2) is 21.0 Å². The molecule has 0 aromatic heterocycles. The number of rotatable bonds is 7. The second kappa shape index (κ2) is 7.40. The number of ether oxygens (including phenoxy) is 1. The van der Waals surface area contributed by atoms with Crippen molar-refractivity contribution >= 4 is 49.3 Å². The van der Waals surface area contributed by atoms with Gasteiger partial charge in [0, 0.05) is 9.43 Å². The van der Waals surface area contributed by atoms with Gasteiger partial charge in [0.25, 0.3) is 10.0 Å². The minimum atomic E-state index is -3.97. The van der Waals surface area contributed by atoms with Gasteiger partial charge in [0.15, 0.2) is 0 Å². The lowest BCUT2D eigenvalue weighted by atomic mass is 10.3. The zero-order chi connectivity index (χ0) is 15.2. The monoisotopic (exact) mass is 373 g/mol. The first kappa shape index (κ1) is 17.4. The van der Waals surface area contributed by atoms with Gasteiger partial charge in [-0.05, 0) is 42.3 Å². The first-order chi connectivity index (χ1) is 9.24. The van der Waals surface area contributed by atoms with Crippen LogP contribution in [0.25, 0.3) is 10.4 Å².